The molecule has 0 radical (unpaired) electrons. The van der Waals surface area contributed by atoms with Crippen molar-refractivity contribution >= 4 is 24.2 Å². The number of carboxylic acid groups (broad SMARTS) is 1. The molecule has 15 nitrogen and oxygen atoms in total. The Bertz CT molecular complexity index is 1680. The lowest BCUT2D eigenvalue weighted by Crippen LogP contribution is -2.44. The summed E-state index contributed by atoms with van der Waals surface area (Å²) in [5.41, 5.74) is 3.34. The second-order valence-electron chi connectivity index (χ2n) is 15.3. The van der Waals surface area contributed by atoms with Gasteiger partial charge in [-0.15, -0.1) is 5.10 Å². The van der Waals surface area contributed by atoms with Gasteiger partial charge in [0.05, 0.1) is 12.2 Å². The summed E-state index contributed by atoms with van der Waals surface area (Å²) in [6, 6.07) is 14.7. The van der Waals surface area contributed by atoms with E-state index in [2.05, 4.69) is 20.5 Å². The zero-order valence-corrected chi connectivity index (χ0v) is 31.4. The van der Waals surface area contributed by atoms with Crippen molar-refractivity contribution in [1.29, 1.82) is 0 Å². The summed E-state index contributed by atoms with van der Waals surface area (Å²) in [6.45, 7) is 14.2. The van der Waals surface area contributed by atoms with Crippen molar-refractivity contribution in [2.45, 2.75) is 77.7 Å². The number of carbonyl (C=O) groups excluding carboxylic acids is 3. The molecule has 2 N–H and O–H groups in total. The normalized spacial score (nSPS) is 16.0. The molecule has 1 saturated heterocycles. The van der Waals surface area contributed by atoms with Crippen molar-refractivity contribution in [1.82, 2.24) is 35.0 Å². The second kappa shape index (κ2) is 16.7. The number of hydrogen-bond donors (Lipinski definition) is 2. The Kier molecular flexibility index (Phi) is 12.3. The minimum atomic E-state index is -1.29. The van der Waals surface area contributed by atoms with Crippen LogP contribution in [-0.2, 0) is 32.0 Å². The van der Waals surface area contributed by atoms with Crippen molar-refractivity contribution < 1.29 is 38.5 Å². The van der Waals surface area contributed by atoms with E-state index in [1.165, 1.54) is 0 Å². The molecule has 53 heavy (non-hydrogen) atoms. The molecule has 3 amide bonds. The summed E-state index contributed by atoms with van der Waals surface area (Å²) < 4.78 is 18.4. The molecule has 2 aliphatic rings. The fraction of sp³-hybridized carbons (Fsp3) is 0.526. The van der Waals surface area contributed by atoms with Crippen LogP contribution >= 0.6 is 0 Å². The summed E-state index contributed by atoms with van der Waals surface area (Å²) in [7, 11) is 0. The smallest absolute Gasteiger partial charge is 0.410 e. The third-order valence-electron chi connectivity index (χ3n) is 8.89. The average Bonchev–Trinajstić information content (AvgIpc) is 3.68. The molecular weight excluding hydrogens is 682 g/mol. The Morgan fingerprint density at radius 2 is 1.30 bits per heavy atom. The number of benzene rings is 2. The number of nitrogens with zero attached hydrogens (tertiary/aromatic N) is 6. The molecular formula is C38H51N7O8. The van der Waals surface area contributed by atoms with Crippen LogP contribution in [0.5, 0.6) is 0 Å². The highest BCUT2D eigenvalue weighted by molar-refractivity contribution is 5.81. The lowest BCUT2D eigenvalue weighted by Gasteiger charge is -2.30. The Hall–Kier alpha value is -5.18. The summed E-state index contributed by atoms with van der Waals surface area (Å²) in [5.74, 6) is -1.39. The maximum Gasteiger partial charge on any atom is 0.410 e. The highest BCUT2D eigenvalue weighted by Crippen LogP contribution is 2.44. The molecule has 15 heteroatoms. The molecule has 1 fully saturated rings. The van der Waals surface area contributed by atoms with Gasteiger partial charge in [0.15, 0.2) is 0 Å². The van der Waals surface area contributed by atoms with Gasteiger partial charge in [-0.2, -0.15) is 0 Å². The number of aliphatic carboxylic acids is 1. The van der Waals surface area contributed by atoms with E-state index in [1.807, 2.05) is 90.1 Å². The maximum atomic E-state index is 13.0. The molecule has 2 aromatic carbocycles. The second-order valence-corrected chi connectivity index (χ2v) is 15.3. The van der Waals surface area contributed by atoms with Crippen LogP contribution in [0.4, 0.5) is 14.4 Å². The lowest BCUT2D eigenvalue weighted by molar-refractivity contribution is -0.139. The number of hydrogen-bond acceptors (Lipinski definition) is 10. The molecule has 0 bridgehead atoms. The molecule has 3 aromatic rings. The molecule has 5 rings (SSSR count). The number of aromatic nitrogens is 3. The van der Waals surface area contributed by atoms with E-state index in [-0.39, 0.29) is 18.9 Å². The summed E-state index contributed by atoms with van der Waals surface area (Å²) in [5, 5.41) is 20.7. The third kappa shape index (κ3) is 10.9. The zero-order valence-electron chi connectivity index (χ0n) is 31.4. The van der Waals surface area contributed by atoms with Gasteiger partial charge in [-0.3, -0.25) is 9.58 Å². The van der Waals surface area contributed by atoms with Gasteiger partial charge in [-0.25, -0.2) is 19.2 Å². The number of amides is 3. The van der Waals surface area contributed by atoms with Crippen molar-refractivity contribution in [3.63, 3.8) is 0 Å². The first-order valence-electron chi connectivity index (χ1n) is 18.0. The van der Waals surface area contributed by atoms with E-state index in [1.54, 1.807) is 20.7 Å². The van der Waals surface area contributed by atoms with E-state index >= 15 is 0 Å². The Morgan fingerprint density at radius 1 is 0.792 bits per heavy atom. The van der Waals surface area contributed by atoms with Crippen molar-refractivity contribution in [2.75, 3.05) is 52.4 Å². The molecule has 1 aliphatic carbocycles. The number of carbonyl (C=O) groups is 4. The zero-order chi connectivity index (χ0) is 38.3. The number of ether oxygens (including phenoxy) is 3. The largest absolute Gasteiger partial charge is 0.480 e. The van der Waals surface area contributed by atoms with Gasteiger partial charge in [0.25, 0.3) is 0 Å². The summed E-state index contributed by atoms with van der Waals surface area (Å²) >= 11 is 0. The van der Waals surface area contributed by atoms with E-state index < -0.39 is 41.5 Å². The molecule has 2 heterocycles. The summed E-state index contributed by atoms with van der Waals surface area (Å²) in [6.07, 6.45) is -0.196. The number of alkyl carbamates (subject to hydrolysis) is 1. The Morgan fingerprint density at radius 3 is 1.81 bits per heavy atom. The first kappa shape index (κ1) is 39.0. The number of carboxylic acids is 1. The van der Waals surface area contributed by atoms with Crippen LogP contribution in [0, 0.1) is 0 Å². The molecule has 286 valence electrons. The van der Waals surface area contributed by atoms with Crippen LogP contribution in [0.3, 0.4) is 0 Å². The van der Waals surface area contributed by atoms with Crippen LogP contribution in [-0.4, -0.2) is 129 Å². The Labute approximate surface area is 310 Å². The first-order valence-corrected chi connectivity index (χ1v) is 18.0. The summed E-state index contributed by atoms with van der Waals surface area (Å²) in [4.78, 5) is 56.4. The highest BCUT2D eigenvalue weighted by Gasteiger charge is 2.31. The van der Waals surface area contributed by atoms with Gasteiger partial charge in [-0.1, -0.05) is 53.7 Å². The minimum Gasteiger partial charge on any atom is -0.480 e. The van der Waals surface area contributed by atoms with Gasteiger partial charge in [-0.05, 0) is 63.8 Å². The average molecular weight is 734 g/mol. The van der Waals surface area contributed by atoms with Gasteiger partial charge < -0.3 is 34.4 Å². The van der Waals surface area contributed by atoms with E-state index in [4.69, 9.17) is 14.2 Å². The van der Waals surface area contributed by atoms with Gasteiger partial charge in [0.2, 0.25) is 0 Å². The lowest BCUT2D eigenvalue weighted by atomic mass is 9.98. The van der Waals surface area contributed by atoms with Crippen LogP contribution in [0.2, 0.25) is 0 Å². The fourth-order valence-electron chi connectivity index (χ4n) is 6.32. The van der Waals surface area contributed by atoms with E-state index in [0.717, 1.165) is 22.3 Å². The van der Waals surface area contributed by atoms with Crippen LogP contribution in [0.15, 0.2) is 54.7 Å². The van der Waals surface area contributed by atoms with Crippen molar-refractivity contribution in [2.24, 2.45) is 0 Å². The topological polar surface area (TPSA) is 169 Å². The van der Waals surface area contributed by atoms with Gasteiger partial charge in [0.1, 0.15) is 23.9 Å². The quantitative estimate of drug-likeness (QED) is 0.295. The molecule has 1 aromatic heterocycles. The van der Waals surface area contributed by atoms with Crippen molar-refractivity contribution in [3.05, 3.63) is 71.5 Å². The Balaban J connectivity index is 1.16. The maximum absolute atomic E-state index is 13.0. The van der Waals surface area contributed by atoms with Crippen LogP contribution in [0.25, 0.3) is 11.1 Å². The molecule has 0 unspecified atom stereocenters. The minimum absolute atomic E-state index is 0.0595. The first-order chi connectivity index (χ1) is 25.1. The van der Waals surface area contributed by atoms with E-state index in [9.17, 15) is 24.3 Å². The highest BCUT2D eigenvalue weighted by atomic mass is 16.6. The molecule has 0 spiro atoms. The number of rotatable bonds is 9. The molecule has 1 aliphatic heterocycles. The van der Waals surface area contributed by atoms with Crippen LogP contribution in [0.1, 0.15) is 64.3 Å². The monoisotopic (exact) mass is 733 g/mol. The number of nitrogens with one attached hydrogen (secondary N) is 1. The number of fused-ring (bicyclic) bond motifs is 3. The fourth-order valence-corrected chi connectivity index (χ4v) is 6.32. The van der Waals surface area contributed by atoms with E-state index in [0.29, 0.717) is 58.1 Å². The van der Waals surface area contributed by atoms with Crippen molar-refractivity contribution in [3.8, 4) is 11.1 Å². The standard InChI is InChI=1S/C38H51N7O8/c1-37(2,3)52-35(49)43-18-15-42(16-19-44(21-20-43)36(50)53-38(4,5)6)17-22-45-24-26(40-41-45)23-32(33(46)47)39-34(48)51-25-31-29-13-9-7-11-27(29)28-12-8-10-14-30(28)31/h7-14,24,31-32H,15-23,25H2,1-6H3,(H,39,48)(H,46,47)/t32-/m0/s1. The predicted octanol–water partition coefficient (Wildman–Crippen LogP) is 4.60. The SMILES string of the molecule is CC(C)(C)OC(=O)N1CCN(CCn2cc(C[C@H](NC(=O)OCC3c4ccccc4-c4ccccc43)C(=O)O)nn2)CCN(C(=O)OC(C)(C)C)CC1. The predicted molar refractivity (Wildman–Crippen MR) is 195 cm³/mol. The van der Waals surface area contributed by atoms with Gasteiger partial charge >= 0.3 is 24.2 Å². The van der Waals surface area contributed by atoms with Gasteiger partial charge in [0, 0.05) is 64.3 Å². The molecule has 1 atom stereocenters. The van der Waals surface area contributed by atoms with Crippen LogP contribution < -0.4 is 5.32 Å². The third-order valence-corrected chi connectivity index (χ3v) is 8.89. The molecule has 0 saturated carbocycles.